The molecular formula is C14H17N3. The summed E-state index contributed by atoms with van der Waals surface area (Å²) in [6.45, 7) is 3.29. The lowest BCUT2D eigenvalue weighted by Crippen LogP contribution is -2.18. The molecular weight excluding hydrogens is 210 g/mol. The second-order valence-corrected chi connectivity index (χ2v) is 4.63. The monoisotopic (exact) mass is 227 g/mol. The van der Waals surface area contributed by atoms with Crippen molar-refractivity contribution < 1.29 is 0 Å². The van der Waals surface area contributed by atoms with Gasteiger partial charge in [-0.05, 0) is 37.0 Å². The third-order valence-corrected chi connectivity index (χ3v) is 3.40. The molecule has 1 fully saturated rings. The van der Waals surface area contributed by atoms with Crippen LogP contribution in [0.3, 0.4) is 0 Å². The summed E-state index contributed by atoms with van der Waals surface area (Å²) in [5, 5.41) is 0. The molecule has 17 heavy (non-hydrogen) atoms. The molecule has 0 N–H and O–H groups in total. The lowest BCUT2D eigenvalue weighted by Gasteiger charge is -2.19. The summed E-state index contributed by atoms with van der Waals surface area (Å²) < 4.78 is 0. The molecule has 1 aromatic rings. The largest absolute Gasteiger partial charge is 0.371 e. The molecule has 0 aromatic carbocycles. The van der Waals surface area contributed by atoms with Crippen molar-refractivity contribution in [2.24, 2.45) is 4.99 Å². The van der Waals surface area contributed by atoms with Gasteiger partial charge < -0.3 is 4.90 Å². The minimum Gasteiger partial charge on any atom is -0.371 e. The van der Waals surface area contributed by atoms with Crippen LogP contribution in [0.2, 0.25) is 0 Å². The van der Waals surface area contributed by atoms with Crippen LogP contribution in [-0.4, -0.2) is 30.8 Å². The molecule has 0 saturated carbocycles. The highest BCUT2D eigenvalue weighted by molar-refractivity contribution is 5.88. The fourth-order valence-electron chi connectivity index (χ4n) is 2.51. The first-order chi connectivity index (χ1) is 8.43. The van der Waals surface area contributed by atoms with Crippen molar-refractivity contribution in [2.75, 3.05) is 24.5 Å². The number of hydrogen-bond donors (Lipinski definition) is 0. The fourth-order valence-corrected chi connectivity index (χ4v) is 2.51. The highest BCUT2D eigenvalue weighted by Gasteiger charge is 2.15. The second-order valence-electron chi connectivity index (χ2n) is 4.63. The average molecular weight is 227 g/mol. The van der Waals surface area contributed by atoms with Gasteiger partial charge in [0.25, 0.3) is 0 Å². The Morgan fingerprint density at radius 2 is 2.12 bits per heavy atom. The number of rotatable bonds is 2. The molecule has 0 amide bonds. The van der Waals surface area contributed by atoms with E-state index in [1.54, 1.807) is 0 Å². The van der Waals surface area contributed by atoms with Crippen molar-refractivity contribution in [3.05, 3.63) is 29.6 Å². The summed E-state index contributed by atoms with van der Waals surface area (Å²) in [6.07, 6.45) is 11.7. The predicted molar refractivity (Wildman–Crippen MR) is 71.6 cm³/mol. The highest BCUT2D eigenvalue weighted by Crippen LogP contribution is 2.26. The van der Waals surface area contributed by atoms with Gasteiger partial charge >= 0.3 is 0 Å². The molecule has 0 unspecified atom stereocenters. The fraction of sp³-hybridized carbons (Fsp3) is 0.429. The summed E-state index contributed by atoms with van der Waals surface area (Å²) in [6, 6.07) is 2.13. The van der Waals surface area contributed by atoms with Crippen LogP contribution in [0.1, 0.15) is 24.8 Å². The van der Waals surface area contributed by atoms with Crippen molar-refractivity contribution >= 4 is 18.0 Å². The van der Waals surface area contributed by atoms with Gasteiger partial charge in [-0.25, -0.2) is 0 Å². The van der Waals surface area contributed by atoms with Crippen LogP contribution >= 0.6 is 0 Å². The van der Waals surface area contributed by atoms with Gasteiger partial charge in [0.1, 0.15) is 0 Å². The number of nitrogens with zero attached hydrogens (tertiary/aromatic N) is 3. The number of aliphatic imine (C=N–C) groups is 1. The van der Waals surface area contributed by atoms with E-state index in [2.05, 4.69) is 27.0 Å². The summed E-state index contributed by atoms with van der Waals surface area (Å²) in [5.74, 6) is 0. The van der Waals surface area contributed by atoms with Crippen molar-refractivity contribution in [1.82, 2.24) is 4.98 Å². The molecule has 1 saturated heterocycles. The van der Waals surface area contributed by atoms with Crippen molar-refractivity contribution in [3.8, 4) is 0 Å². The molecule has 3 rings (SSSR count). The zero-order chi connectivity index (χ0) is 11.5. The summed E-state index contributed by atoms with van der Waals surface area (Å²) in [7, 11) is 0. The van der Waals surface area contributed by atoms with E-state index in [1.165, 1.54) is 42.8 Å². The zero-order valence-electron chi connectivity index (χ0n) is 9.97. The maximum absolute atomic E-state index is 4.26. The Morgan fingerprint density at radius 3 is 2.88 bits per heavy atom. The molecule has 0 atom stereocenters. The van der Waals surface area contributed by atoms with E-state index in [4.69, 9.17) is 0 Å². The molecule has 3 heteroatoms. The number of anilines is 1. The maximum Gasteiger partial charge on any atom is 0.0470 e. The Hall–Kier alpha value is -1.64. The molecule has 0 bridgehead atoms. The predicted octanol–water partition coefficient (Wildman–Crippen LogP) is 2.54. The first-order valence-corrected chi connectivity index (χ1v) is 6.33. The molecule has 3 nitrogen and oxygen atoms in total. The van der Waals surface area contributed by atoms with Crippen molar-refractivity contribution in [2.45, 2.75) is 19.3 Å². The molecule has 3 heterocycles. The van der Waals surface area contributed by atoms with E-state index in [-0.39, 0.29) is 0 Å². The topological polar surface area (TPSA) is 28.5 Å². The smallest absolute Gasteiger partial charge is 0.0470 e. The molecule has 88 valence electrons. The standard InChI is InChI=1S/C14H17N3/c1-2-8-17(7-1)14-4-6-16-11-13(14)9-12-3-5-15-10-12/h4,6,9-11H,1-3,5,7-8H2/b12-9+. The minimum absolute atomic E-state index is 0.936. The lowest BCUT2D eigenvalue weighted by molar-refractivity contribution is 0.949. The van der Waals surface area contributed by atoms with Gasteiger partial charge in [-0.3, -0.25) is 9.98 Å². The summed E-state index contributed by atoms with van der Waals surface area (Å²) in [4.78, 5) is 11.0. The third-order valence-electron chi connectivity index (χ3n) is 3.40. The van der Waals surface area contributed by atoms with Crippen LogP contribution in [0, 0.1) is 0 Å². The summed E-state index contributed by atoms with van der Waals surface area (Å²) >= 11 is 0. The molecule has 0 radical (unpaired) electrons. The molecule has 2 aliphatic rings. The van der Waals surface area contributed by atoms with Gasteiger partial charge in [-0.15, -0.1) is 0 Å². The van der Waals surface area contributed by atoms with E-state index in [0.717, 1.165) is 13.0 Å². The minimum atomic E-state index is 0.936. The van der Waals surface area contributed by atoms with Crippen LogP contribution < -0.4 is 4.90 Å². The Labute approximate surface area is 102 Å². The Balaban J connectivity index is 1.92. The van der Waals surface area contributed by atoms with Gasteiger partial charge in [0, 0.05) is 49.5 Å². The lowest BCUT2D eigenvalue weighted by atomic mass is 10.1. The van der Waals surface area contributed by atoms with Gasteiger partial charge in [0.15, 0.2) is 0 Å². The Bertz CT molecular complexity index is 456. The molecule has 2 aliphatic heterocycles. The normalized spacial score (nSPS) is 21.6. The molecule has 1 aromatic heterocycles. The van der Waals surface area contributed by atoms with Crippen molar-refractivity contribution in [1.29, 1.82) is 0 Å². The van der Waals surface area contributed by atoms with E-state index in [0.29, 0.717) is 0 Å². The Morgan fingerprint density at radius 1 is 1.24 bits per heavy atom. The maximum atomic E-state index is 4.26. The van der Waals surface area contributed by atoms with Crippen LogP contribution in [0.25, 0.3) is 6.08 Å². The van der Waals surface area contributed by atoms with Gasteiger partial charge in [-0.2, -0.15) is 0 Å². The number of hydrogen-bond acceptors (Lipinski definition) is 3. The summed E-state index contributed by atoms with van der Waals surface area (Å²) in [5.41, 5.74) is 3.88. The van der Waals surface area contributed by atoms with E-state index in [9.17, 15) is 0 Å². The van der Waals surface area contributed by atoms with Crippen LogP contribution in [0.15, 0.2) is 29.0 Å². The van der Waals surface area contributed by atoms with Gasteiger partial charge in [-0.1, -0.05) is 0 Å². The number of aromatic nitrogens is 1. The van der Waals surface area contributed by atoms with Crippen LogP contribution in [0.5, 0.6) is 0 Å². The van der Waals surface area contributed by atoms with Crippen LogP contribution in [-0.2, 0) is 0 Å². The first kappa shape index (κ1) is 10.5. The number of pyridine rings is 1. The zero-order valence-corrected chi connectivity index (χ0v) is 9.97. The molecule has 0 aliphatic carbocycles. The SMILES string of the molecule is C1=NCC/C1=C\c1cnccc1N1CCCC1. The van der Waals surface area contributed by atoms with E-state index < -0.39 is 0 Å². The Kier molecular flexibility index (Phi) is 2.90. The van der Waals surface area contributed by atoms with Crippen LogP contribution in [0.4, 0.5) is 5.69 Å². The van der Waals surface area contributed by atoms with Gasteiger partial charge in [0.2, 0.25) is 0 Å². The first-order valence-electron chi connectivity index (χ1n) is 6.33. The van der Waals surface area contributed by atoms with Gasteiger partial charge in [0.05, 0.1) is 0 Å². The van der Waals surface area contributed by atoms with E-state index in [1.807, 2.05) is 18.6 Å². The van der Waals surface area contributed by atoms with E-state index >= 15 is 0 Å². The quantitative estimate of drug-likeness (QED) is 0.776. The van der Waals surface area contributed by atoms with Crippen molar-refractivity contribution in [3.63, 3.8) is 0 Å². The highest BCUT2D eigenvalue weighted by atomic mass is 15.1. The average Bonchev–Trinajstić information content (AvgIpc) is 3.01. The third kappa shape index (κ3) is 2.23. The second kappa shape index (κ2) is 4.70. The molecule has 0 spiro atoms.